The van der Waals surface area contributed by atoms with Crippen LogP contribution in [-0.2, 0) is 0 Å². The zero-order chi connectivity index (χ0) is 14.1. The van der Waals surface area contributed by atoms with Gasteiger partial charge in [0.25, 0.3) is 5.91 Å². The molecule has 1 aromatic rings. The van der Waals surface area contributed by atoms with Crippen molar-refractivity contribution in [3.8, 4) is 0 Å². The maximum Gasteiger partial charge on any atom is 0.257 e. The van der Waals surface area contributed by atoms with E-state index in [2.05, 4.69) is 0 Å². The van der Waals surface area contributed by atoms with Crippen LogP contribution in [0.1, 0.15) is 29.8 Å². The van der Waals surface area contributed by atoms with E-state index in [0.717, 1.165) is 6.07 Å². The fraction of sp³-hybridized carbons (Fsp3) is 0.462. The van der Waals surface area contributed by atoms with Gasteiger partial charge >= 0.3 is 0 Å². The van der Waals surface area contributed by atoms with Gasteiger partial charge in [-0.1, -0.05) is 0 Å². The molecule has 0 heterocycles. The number of carbonyl (C=O) groups excluding carboxylic acids is 1. The minimum absolute atomic E-state index is 0.144. The van der Waals surface area contributed by atoms with Gasteiger partial charge in [0.15, 0.2) is 0 Å². The van der Waals surface area contributed by atoms with Crippen LogP contribution in [0, 0.1) is 18.6 Å². The van der Waals surface area contributed by atoms with Crippen LogP contribution in [0.4, 0.5) is 8.78 Å². The quantitative estimate of drug-likeness (QED) is 0.775. The number of hydrogen-bond donors (Lipinski definition) is 0. The van der Waals surface area contributed by atoms with Gasteiger partial charge in [0, 0.05) is 19.0 Å². The summed E-state index contributed by atoms with van der Waals surface area (Å²) in [6, 6.07) is 1.94. The molecule has 1 rings (SSSR count). The second kappa shape index (κ2) is 5.22. The standard InChI is InChI=1S/C13H16ClF2NO/c1-8-5-9(11(16)6-10(8)15)12(18)17(4)13(2,3)7-14/h5-6H,7H2,1-4H3. The summed E-state index contributed by atoms with van der Waals surface area (Å²) in [5.74, 6) is -1.82. The van der Waals surface area contributed by atoms with Gasteiger partial charge in [-0.05, 0) is 32.4 Å². The van der Waals surface area contributed by atoms with Gasteiger partial charge in [-0.25, -0.2) is 8.78 Å². The number of benzene rings is 1. The molecule has 5 heteroatoms. The third-order valence-corrected chi connectivity index (χ3v) is 3.67. The summed E-state index contributed by atoms with van der Waals surface area (Å²) < 4.78 is 26.8. The molecule has 0 aliphatic rings. The molecule has 0 aromatic heterocycles. The van der Waals surface area contributed by atoms with E-state index in [9.17, 15) is 13.6 Å². The van der Waals surface area contributed by atoms with Crippen molar-refractivity contribution >= 4 is 17.5 Å². The van der Waals surface area contributed by atoms with E-state index in [-0.39, 0.29) is 17.0 Å². The number of rotatable bonds is 3. The Morgan fingerprint density at radius 3 is 2.39 bits per heavy atom. The molecule has 1 aromatic carbocycles. The Balaban J connectivity index is 3.16. The first-order chi connectivity index (χ1) is 8.20. The molecule has 0 aliphatic carbocycles. The molecular formula is C13H16ClF2NO. The Labute approximate surface area is 111 Å². The number of halogens is 3. The lowest BCUT2D eigenvalue weighted by Crippen LogP contribution is -2.46. The van der Waals surface area contributed by atoms with E-state index >= 15 is 0 Å². The average molecular weight is 276 g/mol. The van der Waals surface area contributed by atoms with Crippen molar-refractivity contribution in [2.45, 2.75) is 26.3 Å². The highest BCUT2D eigenvalue weighted by atomic mass is 35.5. The second-order valence-corrected chi connectivity index (χ2v) is 5.16. The summed E-state index contributed by atoms with van der Waals surface area (Å²) in [6.45, 7) is 5.02. The molecule has 0 saturated heterocycles. The van der Waals surface area contributed by atoms with E-state index in [1.54, 1.807) is 20.9 Å². The summed E-state index contributed by atoms with van der Waals surface area (Å²) in [4.78, 5) is 13.5. The Morgan fingerprint density at radius 1 is 1.33 bits per heavy atom. The fourth-order valence-corrected chi connectivity index (χ4v) is 1.55. The predicted octanol–water partition coefficient (Wildman–Crippen LogP) is 3.36. The van der Waals surface area contributed by atoms with Crippen molar-refractivity contribution < 1.29 is 13.6 Å². The van der Waals surface area contributed by atoms with Gasteiger partial charge in [0.05, 0.1) is 11.1 Å². The number of alkyl halides is 1. The van der Waals surface area contributed by atoms with Crippen LogP contribution in [0.25, 0.3) is 0 Å². The fourth-order valence-electron chi connectivity index (χ4n) is 1.37. The van der Waals surface area contributed by atoms with Gasteiger partial charge < -0.3 is 4.90 Å². The first-order valence-corrected chi connectivity index (χ1v) is 6.04. The minimum atomic E-state index is -0.861. The summed E-state index contributed by atoms with van der Waals surface area (Å²) in [7, 11) is 1.54. The molecule has 0 radical (unpaired) electrons. The summed E-state index contributed by atoms with van der Waals surface area (Å²) in [5.41, 5.74) is -0.515. The molecule has 0 spiro atoms. The van der Waals surface area contributed by atoms with Gasteiger partial charge in [0.1, 0.15) is 11.6 Å². The van der Waals surface area contributed by atoms with Crippen LogP contribution >= 0.6 is 11.6 Å². The highest BCUT2D eigenvalue weighted by Gasteiger charge is 2.29. The zero-order valence-electron chi connectivity index (χ0n) is 10.9. The largest absolute Gasteiger partial charge is 0.335 e. The third-order valence-electron chi connectivity index (χ3n) is 3.02. The van der Waals surface area contributed by atoms with E-state index in [0.29, 0.717) is 0 Å². The van der Waals surface area contributed by atoms with E-state index in [1.807, 2.05) is 0 Å². The monoisotopic (exact) mass is 275 g/mol. The number of carbonyl (C=O) groups is 1. The van der Waals surface area contributed by atoms with Crippen molar-refractivity contribution in [3.63, 3.8) is 0 Å². The molecule has 0 saturated carbocycles. The SMILES string of the molecule is Cc1cc(C(=O)N(C)C(C)(C)CCl)c(F)cc1F. The molecule has 0 aliphatic heterocycles. The maximum atomic E-state index is 13.6. The van der Waals surface area contributed by atoms with Crippen molar-refractivity contribution in [3.05, 3.63) is 34.9 Å². The number of hydrogen-bond acceptors (Lipinski definition) is 1. The second-order valence-electron chi connectivity index (χ2n) is 4.89. The van der Waals surface area contributed by atoms with E-state index in [4.69, 9.17) is 11.6 Å². The van der Waals surface area contributed by atoms with Crippen LogP contribution in [0.15, 0.2) is 12.1 Å². The Hall–Kier alpha value is -1.16. The molecule has 18 heavy (non-hydrogen) atoms. The Morgan fingerprint density at radius 2 is 1.89 bits per heavy atom. The van der Waals surface area contributed by atoms with Crippen LogP contribution < -0.4 is 0 Å². The number of amides is 1. The Bertz CT molecular complexity index is 474. The third kappa shape index (κ3) is 2.80. The molecular weight excluding hydrogens is 260 g/mol. The smallest absolute Gasteiger partial charge is 0.257 e. The van der Waals surface area contributed by atoms with Crippen LogP contribution in [0.2, 0.25) is 0 Å². The zero-order valence-corrected chi connectivity index (χ0v) is 11.6. The van der Waals surface area contributed by atoms with Gasteiger partial charge in [0.2, 0.25) is 0 Å². The molecule has 0 unspecified atom stereocenters. The lowest BCUT2D eigenvalue weighted by molar-refractivity contribution is 0.0655. The van der Waals surface area contributed by atoms with E-state index < -0.39 is 23.1 Å². The molecule has 0 bridgehead atoms. The summed E-state index contributed by atoms with van der Waals surface area (Å²) in [6.07, 6.45) is 0. The molecule has 2 nitrogen and oxygen atoms in total. The summed E-state index contributed by atoms with van der Waals surface area (Å²) in [5, 5.41) is 0. The lowest BCUT2D eigenvalue weighted by Gasteiger charge is -2.34. The van der Waals surface area contributed by atoms with Crippen molar-refractivity contribution in [2.75, 3.05) is 12.9 Å². The molecule has 0 fully saturated rings. The minimum Gasteiger partial charge on any atom is -0.335 e. The van der Waals surface area contributed by atoms with Crippen LogP contribution in [0.5, 0.6) is 0 Å². The van der Waals surface area contributed by atoms with Crippen molar-refractivity contribution in [2.24, 2.45) is 0 Å². The van der Waals surface area contributed by atoms with Gasteiger partial charge in [-0.3, -0.25) is 4.79 Å². The van der Waals surface area contributed by atoms with Crippen LogP contribution in [0.3, 0.4) is 0 Å². The highest BCUT2D eigenvalue weighted by molar-refractivity contribution is 6.18. The molecule has 0 atom stereocenters. The molecule has 1 amide bonds. The van der Waals surface area contributed by atoms with Crippen LogP contribution in [-0.4, -0.2) is 29.3 Å². The molecule has 100 valence electrons. The first-order valence-electron chi connectivity index (χ1n) is 5.50. The highest BCUT2D eigenvalue weighted by Crippen LogP contribution is 2.21. The van der Waals surface area contributed by atoms with Gasteiger partial charge in [-0.2, -0.15) is 0 Å². The normalized spacial score (nSPS) is 11.5. The average Bonchev–Trinajstić information content (AvgIpc) is 2.32. The first kappa shape index (κ1) is 14.9. The van der Waals surface area contributed by atoms with E-state index in [1.165, 1.54) is 17.9 Å². The Kier molecular flexibility index (Phi) is 4.32. The van der Waals surface area contributed by atoms with Crippen molar-refractivity contribution in [1.29, 1.82) is 0 Å². The molecule has 0 N–H and O–H groups in total. The lowest BCUT2D eigenvalue weighted by atomic mass is 10.0. The van der Waals surface area contributed by atoms with Crippen molar-refractivity contribution in [1.82, 2.24) is 4.90 Å². The number of aryl methyl sites for hydroxylation is 1. The summed E-state index contributed by atoms with van der Waals surface area (Å²) >= 11 is 5.77. The topological polar surface area (TPSA) is 20.3 Å². The van der Waals surface area contributed by atoms with Gasteiger partial charge in [-0.15, -0.1) is 11.6 Å². The predicted molar refractivity (Wildman–Crippen MR) is 68.0 cm³/mol. The number of nitrogens with zero attached hydrogens (tertiary/aromatic N) is 1. The maximum absolute atomic E-state index is 13.6.